The minimum atomic E-state index is 0.366. The van der Waals surface area contributed by atoms with Crippen molar-refractivity contribution in [3.63, 3.8) is 0 Å². The van der Waals surface area contributed by atoms with E-state index in [9.17, 15) is 0 Å². The van der Waals surface area contributed by atoms with E-state index in [4.69, 9.17) is 33.8 Å². The predicted molar refractivity (Wildman–Crippen MR) is 142 cm³/mol. The molecule has 2 aromatic carbocycles. The van der Waals surface area contributed by atoms with Gasteiger partial charge in [-0.05, 0) is 74.2 Å². The molecule has 33 heavy (non-hydrogen) atoms. The molecule has 174 valence electrons. The Balaban J connectivity index is 1.23. The summed E-state index contributed by atoms with van der Waals surface area (Å²) < 4.78 is 0. The van der Waals surface area contributed by atoms with Crippen LogP contribution in [-0.2, 0) is 6.42 Å². The van der Waals surface area contributed by atoms with E-state index in [-0.39, 0.29) is 0 Å². The van der Waals surface area contributed by atoms with Gasteiger partial charge in [0.1, 0.15) is 5.82 Å². The summed E-state index contributed by atoms with van der Waals surface area (Å²) in [7, 11) is 4.03. The van der Waals surface area contributed by atoms with Crippen LogP contribution < -0.4 is 20.9 Å². The maximum atomic E-state index is 5.94. The van der Waals surface area contributed by atoms with E-state index in [0.717, 1.165) is 65.5 Å². The van der Waals surface area contributed by atoms with E-state index in [1.54, 1.807) is 0 Å². The highest BCUT2D eigenvalue weighted by molar-refractivity contribution is 7.80. The summed E-state index contributed by atoms with van der Waals surface area (Å²) in [6.45, 7) is 0.803. The molecule has 0 aliphatic heterocycles. The normalized spacial score (nSPS) is 18.0. The van der Waals surface area contributed by atoms with E-state index in [0.29, 0.717) is 18.0 Å². The van der Waals surface area contributed by atoms with Gasteiger partial charge in [0.05, 0.1) is 5.52 Å². The highest BCUT2D eigenvalue weighted by Crippen LogP contribution is 2.26. The van der Waals surface area contributed by atoms with Gasteiger partial charge in [-0.3, -0.25) is 0 Å². The molecule has 4 rings (SSSR count). The fourth-order valence-corrected chi connectivity index (χ4v) is 4.63. The lowest BCUT2D eigenvalue weighted by molar-refractivity contribution is 0.385. The van der Waals surface area contributed by atoms with E-state index >= 15 is 0 Å². The predicted octanol–water partition coefficient (Wildman–Crippen LogP) is 4.78. The zero-order valence-corrected chi connectivity index (χ0v) is 20.7. The summed E-state index contributed by atoms with van der Waals surface area (Å²) >= 11 is 11.4. The molecule has 8 heteroatoms. The van der Waals surface area contributed by atoms with E-state index < -0.39 is 0 Å². The van der Waals surface area contributed by atoms with Crippen LogP contribution in [0.5, 0.6) is 0 Å². The van der Waals surface area contributed by atoms with Crippen LogP contribution in [0.1, 0.15) is 31.2 Å². The zero-order valence-electron chi connectivity index (χ0n) is 19.1. The van der Waals surface area contributed by atoms with Crippen molar-refractivity contribution in [2.75, 3.05) is 30.9 Å². The summed E-state index contributed by atoms with van der Waals surface area (Å²) in [6, 6.07) is 16.9. The standard InChI is InChI=1S/C25H31ClN6S/c1-32(2)23-21-5-3-4-6-22(21)30-24(31-23)28-19-11-13-20(14-12-19)29-25(33)27-16-15-17-7-9-18(26)10-8-17/h3-10,19-20H,11-16H2,1-2H3,(H2,27,29,33)(H,28,30,31)/t19-,20+. The van der Waals surface area contributed by atoms with Crippen LogP contribution in [-0.4, -0.2) is 47.8 Å². The molecule has 1 aliphatic carbocycles. The second-order valence-electron chi connectivity index (χ2n) is 8.75. The Morgan fingerprint density at radius 1 is 1.00 bits per heavy atom. The molecule has 1 heterocycles. The smallest absolute Gasteiger partial charge is 0.225 e. The molecule has 6 nitrogen and oxygen atoms in total. The lowest BCUT2D eigenvalue weighted by Crippen LogP contribution is -2.45. The van der Waals surface area contributed by atoms with Crippen molar-refractivity contribution in [3.8, 4) is 0 Å². The quantitative estimate of drug-likeness (QED) is 0.419. The molecule has 0 spiro atoms. The van der Waals surface area contributed by atoms with Crippen molar-refractivity contribution in [3.05, 3.63) is 59.1 Å². The van der Waals surface area contributed by atoms with Crippen LogP contribution in [0.2, 0.25) is 5.02 Å². The molecule has 0 radical (unpaired) electrons. The van der Waals surface area contributed by atoms with Gasteiger partial charge in [-0.15, -0.1) is 0 Å². The van der Waals surface area contributed by atoms with Gasteiger partial charge in [-0.25, -0.2) is 4.98 Å². The Kier molecular flexibility index (Phi) is 7.83. The number of hydrogen-bond acceptors (Lipinski definition) is 5. The third-order valence-electron chi connectivity index (χ3n) is 6.01. The third-order valence-corrected chi connectivity index (χ3v) is 6.53. The van der Waals surface area contributed by atoms with Gasteiger partial charge >= 0.3 is 0 Å². The lowest BCUT2D eigenvalue weighted by atomic mass is 9.91. The number of fused-ring (bicyclic) bond motifs is 1. The minimum absolute atomic E-state index is 0.366. The minimum Gasteiger partial charge on any atom is -0.362 e. The van der Waals surface area contributed by atoms with Crippen molar-refractivity contribution in [2.24, 2.45) is 0 Å². The Morgan fingerprint density at radius 2 is 1.70 bits per heavy atom. The van der Waals surface area contributed by atoms with Crippen LogP contribution in [0.3, 0.4) is 0 Å². The van der Waals surface area contributed by atoms with Crippen LogP contribution in [0.25, 0.3) is 10.9 Å². The Morgan fingerprint density at radius 3 is 2.42 bits per heavy atom. The molecule has 0 amide bonds. The number of aromatic nitrogens is 2. The topological polar surface area (TPSA) is 65.1 Å². The highest BCUT2D eigenvalue weighted by atomic mass is 35.5. The Hall–Kier alpha value is -2.64. The van der Waals surface area contributed by atoms with Crippen LogP contribution in [0.4, 0.5) is 11.8 Å². The molecule has 3 aromatic rings. The van der Waals surface area contributed by atoms with Crippen molar-refractivity contribution >= 4 is 51.6 Å². The van der Waals surface area contributed by atoms with E-state index in [1.165, 1.54) is 5.56 Å². The molecule has 0 unspecified atom stereocenters. The second-order valence-corrected chi connectivity index (χ2v) is 9.60. The number of rotatable bonds is 7. The molecular formula is C25H31ClN6S. The number of nitrogens with one attached hydrogen (secondary N) is 3. The van der Waals surface area contributed by atoms with Gasteiger partial charge in [0.15, 0.2) is 5.11 Å². The molecule has 1 aliphatic rings. The molecule has 3 N–H and O–H groups in total. The van der Waals surface area contributed by atoms with Crippen molar-refractivity contribution in [1.29, 1.82) is 0 Å². The lowest BCUT2D eigenvalue weighted by Gasteiger charge is -2.30. The Labute approximate surface area is 206 Å². The fraction of sp³-hybridized carbons (Fsp3) is 0.400. The maximum absolute atomic E-state index is 5.94. The molecule has 1 aromatic heterocycles. The molecule has 0 saturated heterocycles. The van der Waals surface area contributed by atoms with E-state index in [2.05, 4.69) is 34.1 Å². The average Bonchev–Trinajstić information content (AvgIpc) is 2.81. The Bertz CT molecular complexity index is 1080. The summed E-state index contributed by atoms with van der Waals surface area (Å²) in [5.41, 5.74) is 2.21. The first-order valence-corrected chi connectivity index (χ1v) is 12.3. The van der Waals surface area contributed by atoms with Crippen LogP contribution in [0, 0.1) is 0 Å². The monoisotopic (exact) mass is 482 g/mol. The number of hydrogen-bond donors (Lipinski definition) is 3. The maximum Gasteiger partial charge on any atom is 0.225 e. The summed E-state index contributed by atoms with van der Waals surface area (Å²) in [6.07, 6.45) is 5.14. The van der Waals surface area contributed by atoms with Crippen molar-refractivity contribution < 1.29 is 0 Å². The number of anilines is 2. The van der Waals surface area contributed by atoms with Gasteiger partial charge in [0.2, 0.25) is 5.95 Å². The molecule has 0 bridgehead atoms. The van der Waals surface area contributed by atoms with Gasteiger partial charge < -0.3 is 20.9 Å². The number of para-hydroxylation sites is 1. The first kappa shape index (κ1) is 23.5. The van der Waals surface area contributed by atoms with Gasteiger partial charge in [0.25, 0.3) is 0 Å². The zero-order chi connectivity index (χ0) is 23.2. The third kappa shape index (κ3) is 6.45. The van der Waals surface area contributed by atoms with Crippen LogP contribution in [0.15, 0.2) is 48.5 Å². The number of thiocarbonyl (C=S) groups is 1. The number of nitrogens with zero attached hydrogens (tertiary/aromatic N) is 3. The molecular weight excluding hydrogens is 452 g/mol. The molecule has 1 fully saturated rings. The van der Waals surface area contributed by atoms with Crippen molar-refractivity contribution in [2.45, 2.75) is 44.2 Å². The van der Waals surface area contributed by atoms with Gasteiger partial charge in [-0.1, -0.05) is 35.9 Å². The summed E-state index contributed by atoms with van der Waals surface area (Å²) in [5, 5.41) is 12.9. The largest absolute Gasteiger partial charge is 0.362 e. The van der Waals surface area contributed by atoms with Gasteiger partial charge in [-0.2, -0.15) is 4.98 Å². The van der Waals surface area contributed by atoms with E-state index in [1.807, 2.05) is 49.3 Å². The van der Waals surface area contributed by atoms with Gasteiger partial charge in [0, 0.05) is 43.1 Å². The first-order valence-electron chi connectivity index (χ1n) is 11.5. The fourth-order valence-electron chi connectivity index (χ4n) is 4.24. The molecule has 0 atom stereocenters. The number of benzene rings is 2. The molecule has 1 saturated carbocycles. The first-order chi connectivity index (χ1) is 16.0. The van der Waals surface area contributed by atoms with Crippen LogP contribution >= 0.6 is 23.8 Å². The summed E-state index contributed by atoms with van der Waals surface area (Å²) in [4.78, 5) is 11.6. The second kappa shape index (κ2) is 11.0. The SMILES string of the molecule is CN(C)c1nc(N[C@H]2CC[C@@H](NC(=S)NCCc3ccc(Cl)cc3)CC2)nc2ccccc12. The average molecular weight is 483 g/mol. The number of halogens is 1. The van der Waals surface area contributed by atoms with Crippen molar-refractivity contribution in [1.82, 2.24) is 20.6 Å². The highest BCUT2D eigenvalue weighted by Gasteiger charge is 2.22. The summed E-state index contributed by atoms with van der Waals surface area (Å²) in [5.74, 6) is 1.64.